The number of nitrogens with one attached hydrogen (secondary N) is 3. The number of likely N-dealkylation sites (N-methyl/N-ethyl adjacent to an activating group) is 2. The number of methoxy groups -OCH3 is 1. The highest BCUT2D eigenvalue weighted by Gasteiger charge is 2.41. The molecule has 0 bridgehead atoms. The number of nitrogens with zero attached hydrogens (tertiary/aromatic N) is 1. The first kappa shape index (κ1) is 37.5. The van der Waals surface area contributed by atoms with Crippen molar-refractivity contribution in [2.24, 2.45) is 11.3 Å². The van der Waals surface area contributed by atoms with Crippen LogP contribution in [0.1, 0.15) is 61.0 Å². The summed E-state index contributed by atoms with van der Waals surface area (Å²) in [5.74, 6) is -1.12. The lowest BCUT2D eigenvalue weighted by molar-refractivity contribution is -0.140. The number of carbonyl (C=O) groups is 3. The number of carbonyl (C=O) groups excluding carboxylic acids is 3. The van der Waals surface area contributed by atoms with Crippen molar-refractivity contribution < 1.29 is 27.5 Å². The molecule has 0 saturated carbocycles. The van der Waals surface area contributed by atoms with Gasteiger partial charge >= 0.3 is 0 Å². The van der Waals surface area contributed by atoms with Crippen molar-refractivity contribution in [3.8, 4) is 5.75 Å². The van der Waals surface area contributed by atoms with Crippen molar-refractivity contribution in [3.05, 3.63) is 71.8 Å². The minimum Gasteiger partial charge on any atom is -0.497 e. The summed E-state index contributed by atoms with van der Waals surface area (Å²) in [5.41, 5.74) is -0.137. The van der Waals surface area contributed by atoms with Crippen LogP contribution in [-0.2, 0) is 29.8 Å². The predicted molar refractivity (Wildman–Crippen MR) is 177 cm³/mol. The van der Waals surface area contributed by atoms with Crippen LogP contribution in [0.2, 0.25) is 0 Å². The Balaban J connectivity index is 2.32. The summed E-state index contributed by atoms with van der Waals surface area (Å²) in [5, 5.41) is 6.15. The van der Waals surface area contributed by atoms with E-state index < -0.39 is 44.9 Å². The molecule has 3 amide bonds. The van der Waals surface area contributed by atoms with Gasteiger partial charge in [-0.2, -0.15) is 0 Å². The fraction of sp³-hybridized carbons (Fsp3) is 0.500. The van der Waals surface area contributed by atoms with Gasteiger partial charge in [0.05, 0.1) is 24.1 Å². The Morgan fingerprint density at radius 3 is 1.93 bits per heavy atom. The second-order valence-corrected chi connectivity index (χ2v) is 14.9. The molecule has 0 aliphatic heterocycles. The molecular weight excluding hydrogens is 592 g/mol. The zero-order chi connectivity index (χ0) is 34.3. The Morgan fingerprint density at radius 1 is 0.911 bits per heavy atom. The van der Waals surface area contributed by atoms with E-state index in [1.165, 1.54) is 43.2 Å². The second kappa shape index (κ2) is 15.1. The van der Waals surface area contributed by atoms with E-state index in [1.807, 2.05) is 78.8 Å². The first-order valence-corrected chi connectivity index (χ1v) is 16.5. The van der Waals surface area contributed by atoms with Gasteiger partial charge in [0.25, 0.3) is 15.9 Å². The quantitative estimate of drug-likeness (QED) is 0.281. The molecular formula is C34H50N4O6S. The molecule has 0 spiro atoms. The van der Waals surface area contributed by atoms with E-state index in [1.54, 1.807) is 20.2 Å². The highest BCUT2D eigenvalue weighted by Crippen LogP contribution is 2.29. The summed E-state index contributed by atoms with van der Waals surface area (Å²) >= 11 is 0. The van der Waals surface area contributed by atoms with Crippen molar-refractivity contribution in [1.29, 1.82) is 0 Å². The average molecular weight is 643 g/mol. The summed E-state index contributed by atoms with van der Waals surface area (Å²) < 4.78 is 32.9. The first-order chi connectivity index (χ1) is 20.8. The predicted octanol–water partition coefficient (Wildman–Crippen LogP) is 4.03. The van der Waals surface area contributed by atoms with E-state index in [2.05, 4.69) is 15.4 Å². The largest absolute Gasteiger partial charge is 0.497 e. The number of benzene rings is 2. The molecule has 2 rings (SSSR count). The lowest BCUT2D eigenvalue weighted by Gasteiger charge is -2.40. The number of rotatable bonds is 13. The first-order valence-electron chi connectivity index (χ1n) is 15.0. The van der Waals surface area contributed by atoms with E-state index in [0.29, 0.717) is 5.75 Å². The lowest BCUT2D eigenvalue weighted by Crippen LogP contribution is -2.61. The van der Waals surface area contributed by atoms with Gasteiger partial charge < -0.3 is 20.3 Å². The van der Waals surface area contributed by atoms with E-state index in [-0.39, 0.29) is 28.2 Å². The molecule has 0 aromatic heterocycles. The number of amides is 3. The van der Waals surface area contributed by atoms with Gasteiger partial charge in [-0.05, 0) is 55.1 Å². The lowest BCUT2D eigenvalue weighted by atomic mass is 9.76. The SMILES string of the molecule is CN[C@H](C(=O)N[C@H](C(=O)N(C)[C@H](C=C(C)C(=O)NS(=O)(=O)c1ccc(OC)cc1)C(C)C)C(C)(C)C)C(C)(C)c1ccccc1. The van der Waals surface area contributed by atoms with Crippen LogP contribution >= 0.6 is 0 Å². The van der Waals surface area contributed by atoms with Gasteiger partial charge in [-0.25, -0.2) is 13.1 Å². The highest BCUT2D eigenvalue weighted by atomic mass is 32.2. The molecule has 11 heteroatoms. The number of sulfonamides is 1. The topological polar surface area (TPSA) is 134 Å². The average Bonchev–Trinajstić information content (AvgIpc) is 2.97. The molecule has 248 valence electrons. The van der Waals surface area contributed by atoms with Crippen LogP contribution in [-0.4, -0.2) is 70.4 Å². The Kier molecular flexibility index (Phi) is 12.5. The molecule has 3 atom stereocenters. The maximum atomic E-state index is 14.1. The second-order valence-electron chi connectivity index (χ2n) is 13.3. The number of hydrogen-bond donors (Lipinski definition) is 3. The van der Waals surface area contributed by atoms with Crippen LogP contribution in [0.15, 0.2) is 71.1 Å². The van der Waals surface area contributed by atoms with Crippen molar-refractivity contribution in [2.45, 2.75) is 83.8 Å². The maximum Gasteiger partial charge on any atom is 0.264 e. The zero-order valence-corrected chi connectivity index (χ0v) is 29.2. The fourth-order valence-corrected chi connectivity index (χ4v) is 6.20. The summed E-state index contributed by atoms with van der Waals surface area (Å²) in [4.78, 5) is 42.3. The van der Waals surface area contributed by atoms with Gasteiger partial charge in [0.1, 0.15) is 11.8 Å². The fourth-order valence-electron chi connectivity index (χ4n) is 5.18. The van der Waals surface area contributed by atoms with Gasteiger partial charge in [-0.15, -0.1) is 0 Å². The normalized spacial score (nSPS) is 14.7. The molecule has 0 aliphatic rings. The van der Waals surface area contributed by atoms with Gasteiger partial charge in [0.15, 0.2) is 0 Å². The molecule has 2 aromatic rings. The monoisotopic (exact) mass is 642 g/mol. The molecule has 3 N–H and O–H groups in total. The Hall–Kier alpha value is -3.70. The van der Waals surface area contributed by atoms with Crippen LogP contribution in [0.5, 0.6) is 5.75 Å². The van der Waals surface area contributed by atoms with Gasteiger partial charge in [-0.1, -0.05) is 84.9 Å². The molecule has 45 heavy (non-hydrogen) atoms. The smallest absolute Gasteiger partial charge is 0.264 e. The molecule has 0 saturated heterocycles. The summed E-state index contributed by atoms with van der Waals surface area (Å²) in [6.45, 7) is 14.9. The van der Waals surface area contributed by atoms with Crippen LogP contribution < -0.4 is 20.1 Å². The highest BCUT2D eigenvalue weighted by molar-refractivity contribution is 7.90. The third-order valence-corrected chi connectivity index (χ3v) is 9.39. The van der Waals surface area contributed by atoms with Gasteiger partial charge in [-0.3, -0.25) is 14.4 Å². The molecule has 0 fully saturated rings. The Labute approximate surface area is 269 Å². The zero-order valence-electron chi connectivity index (χ0n) is 28.4. The third kappa shape index (κ3) is 9.40. The molecule has 0 unspecified atom stereocenters. The Bertz CT molecular complexity index is 1460. The van der Waals surface area contributed by atoms with E-state index in [0.717, 1.165) is 5.56 Å². The van der Waals surface area contributed by atoms with Crippen LogP contribution in [0.4, 0.5) is 0 Å². The summed E-state index contributed by atoms with van der Waals surface area (Å²) in [6, 6.07) is 13.3. The van der Waals surface area contributed by atoms with Crippen molar-refractivity contribution in [3.63, 3.8) is 0 Å². The minimum absolute atomic E-state index is 0.0868. The number of ether oxygens (including phenoxy) is 1. The molecule has 0 heterocycles. The standard InChI is InChI=1S/C34H50N4O6S/c1-22(2)27(21-23(3)30(39)37-45(42,43)26-19-17-25(44-11)18-20-26)38(10)32(41)29(33(4,5)6)36-31(40)28(35-9)34(7,8)24-15-13-12-14-16-24/h12-22,27-29,35H,1-11H3,(H,36,40)(H,37,39)/t27-,28-,29-/m1/s1. The van der Waals surface area contributed by atoms with Crippen molar-refractivity contribution >= 4 is 27.7 Å². The van der Waals surface area contributed by atoms with Crippen LogP contribution in [0.3, 0.4) is 0 Å². The van der Waals surface area contributed by atoms with E-state index in [4.69, 9.17) is 4.74 Å². The third-order valence-electron chi connectivity index (χ3n) is 8.04. The summed E-state index contributed by atoms with van der Waals surface area (Å²) in [7, 11) is 0.668. The molecule has 0 aliphatic carbocycles. The minimum atomic E-state index is -4.14. The Morgan fingerprint density at radius 2 is 1.47 bits per heavy atom. The van der Waals surface area contributed by atoms with Gasteiger partial charge in [0.2, 0.25) is 11.8 Å². The van der Waals surface area contributed by atoms with E-state index in [9.17, 15) is 22.8 Å². The van der Waals surface area contributed by atoms with Crippen molar-refractivity contribution in [2.75, 3.05) is 21.2 Å². The molecule has 0 radical (unpaired) electrons. The molecule has 10 nitrogen and oxygen atoms in total. The van der Waals surface area contributed by atoms with Crippen LogP contribution in [0.25, 0.3) is 0 Å². The van der Waals surface area contributed by atoms with Crippen LogP contribution in [0, 0.1) is 11.3 Å². The van der Waals surface area contributed by atoms with E-state index >= 15 is 0 Å². The summed E-state index contributed by atoms with van der Waals surface area (Å²) in [6.07, 6.45) is 1.58. The molecule has 2 aromatic carbocycles. The van der Waals surface area contributed by atoms with Gasteiger partial charge in [0, 0.05) is 18.0 Å². The number of hydrogen-bond acceptors (Lipinski definition) is 7. The van der Waals surface area contributed by atoms with Crippen molar-refractivity contribution in [1.82, 2.24) is 20.3 Å². The maximum absolute atomic E-state index is 14.1.